The van der Waals surface area contributed by atoms with Crippen LogP contribution in [0.1, 0.15) is 22.0 Å². The Morgan fingerprint density at radius 3 is 1.87 bits per heavy atom. The fourth-order valence-electron chi connectivity index (χ4n) is 4.63. The van der Waals surface area contributed by atoms with Gasteiger partial charge in [0.1, 0.15) is 0 Å². The van der Waals surface area contributed by atoms with E-state index in [9.17, 15) is 14.4 Å². The molecule has 5 rings (SSSR count). The first kappa shape index (κ1) is 18.5. The summed E-state index contributed by atoms with van der Waals surface area (Å²) in [5.41, 5.74) is 1.97. The fraction of sp³-hybridized carbons (Fsp3) is 0.160. The molecule has 5 heteroatoms. The monoisotopic (exact) mass is 396 g/mol. The quantitative estimate of drug-likeness (QED) is 0.542. The molecular formula is C25H20N2O3. The number of carbonyl (C=O) groups excluding carboxylic acids is 3. The van der Waals surface area contributed by atoms with E-state index in [1.165, 1.54) is 4.90 Å². The summed E-state index contributed by atoms with van der Waals surface area (Å²) in [4.78, 5) is 41.4. The minimum Gasteiger partial charge on any atom is -0.299 e. The van der Waals surface area contributed by atoms with Crippen molar-refractivity contribution in [2.75, 3.05) is 4.90 Å². The molecule has 2 saturated heterocycles. The molecule has 2 fully saturated rings. The molecule has 3 aromatic rings. The second-order valence-electron chi connectivity index (χ2n) is 7.66. The number of benzene rings is 3. The minimum atomic E-state index is -0.757. The SMILES string of the molecule is O=C(c1ccccc1)[C@@H]1N[C@@H](c2ccccc2)[C@H]2C(=O)N(c3ccccc3)C(=O)[C@H]21. The Hall–Kier alpha value is -3.57. The first-order valence-corrected chi connectivity index (χ1v) is 10.00. The van der Waals surface area contributed by atoms with Gasteiger partial charge in [-0.25, -0.2) is 4.90 Å². The summed E-state index contributed by atoms with van der Waals surface area (Å²) in [6, 6.07) is 26.2. The standard InChI is InChI=1S/C25H20N2O3/c28-23(17-12-6-2-7-13-17)22-20-19(21(26-22)16-10-4-1-5-11-16)24(29)27(25(20)30)18-14-8-3-9-15-18/h1-15,19-22,26H/t19-,20+,21-,22+/m0/s1. The summed E-state index contributed by atoms with van der Waals surface area (Å²) in [5, 5.41) is 3.32. The van der Waals surface area contributed by atoms with E-state index in [-0.39, 0.29) is 17.6 Å². The van der Waals surface area contributed by atoms with Crippen molar-refractivity contribution in [1.29, 1.82) is 0 Å². The van der Waals surface area contributed by atoms with E-state index in [1.807, 2.05) is 42.5 Å². The zero-order valence-corrected chi connectivity index (χ0v) is 16.1. The predicted molar refractivity (Wildman–Crippen MR) is 113 cm³/mol. The van der Waals surface area contributed by atoms with Gasteiger partial charge in [0.2, 0.25) is 11.8 Å². The molecule has 0 saturated carbocycles. The average molecular weight is 396 g/mol. The van der Waals surface area contributed by atoms with E-state index >= 15 is 0 Å². The number of nitrogens with one attached hydrogen (secondary N) is 1. The van der Waals surface area contributed by atoms with Gasteiger partial charge in [0.25, 0.3) is 0 Å². The molecule has 0 unspecified atom stereocenters. The van der Waals surface area contributed by atoms with Crippen LogP contribution in [0.4, 0.5) is 5.69 Å². The number of rotatable bonds is 4. The van der Waals surface area contributed by atoms with Crippen molar-refractivity contribution in [2.24, 2.45) is 11.8 Å². The summed E-state index contributed by atoms with van der Waals surface area (Å²) < 4.78 is 0. The molecule has 2 heterocycles. The maximum Gasteiger partial charge on any atom is 0.239 e. The highest BCUT2D eigenvalue weighted by Gasteiger charge is 2.61. The second kappa shape index (κ2) is 7.35. The third-order valence-corrected chi connectivity index (χ3v) is 5.99. The average Bonchev–Trinajstić information content (AvgIpc) is 3.32. The molecule has 5 nitrogen and oxygen atoms in total. The van der Waals surface area contributed by atoms with Crippen molar-refractivity contribution in [2.45, 2.75) is 12.1 Å². The summed E-state index contributed by atoms with van der Waals surface area (Å²) in [5.74, 6) is -2.12. The van der Waals surface area contributed by atoms with Crippen LogP contribution in [0.3, 0.4) is 0 Å². The Labute approximate surface area is 174 Å². The van der Waals surface area contributed by atoms with Crippen molar-refractivity contribution < 1.29 is 14.4 Å². The van der Waals surface area contributed by atoms with Gasteiger partial charge in [0, 0.05) is 11.6 Å². The second-order valence-corrected chi connectivity index (χ2v) is 7.66. The van der Waals surface area contributed by atoms with Crippen LogP contribution in [0.25, 0.3) is 0 Å². The van der Waals surface area contributed by atoms with Crippen LogP contribution in [0, 0.1) is 11.8 Å². The van der Waals surface area contributed by atoms with Crippen LogP contribution in [-0.2, 0) is 9.59 Å². The van der Waals surface area contributed by atoms with Crippen molar-refractivity contribution in [1.82, 2.24) is 5.32 Å². The van der Waals surface area contributed by atoms with Crippen molar-refractivity contribution in [3.63, 3.8) is 0 Å². The predicted octanol–water partition coefficient (Wildman–Crippen LogP) is 3.39. The van der Waals surface area contributed by atoms with Gasteiger partial charge in [-0.3, -0.25) is 19.7 Å². The highest BCUT2D eigenvalue weighted by Crippen LogP contribution is 2.45. The molecule has 0 bridgehead atoms. The zero-order chi connectivity index (χ0) is 20.7. The summed E-state index contributed by atoms with van der Waals surface area (Å²) in [7, 11) is 0. The van der Waals surface area contributed by atoms with E-state index in [1.54, 1.807) is 48.5 Å². The normalized spacial score (nSPS) is 25.4. The molecule has 0 spiro atoms. The van der Waals surface area contributed by atoms with Crippen LogP contribution in [0.15, 0.2) is 91.0 Å². The number of imide groups is 1. The Kier molecular flexibility index (Phi) is 4.52. The van der Waals surface area contributed by atoms with Crippen LogP contribution >= 0.6 is 0 Å². The van der Waals surface area contributed by atoms with Crippen molar-refractivity contribution in [3.05, 3.63) is 102 Å². The number of Topliss-reactive ketones (excluding diaryl/α,β-unsaturated/α-hetero) is 1. The molecule has 2 aliphatic heterocycles. The molecular weight excluding hydrogens is 376 g/mol. The van der Waals surface area contributed by atoms with E-state index in [0.29, 0.717) is 11.3 Å². The van der Waals surface area contributed by atoms with Gasteiger partial charge in [-0.1, -0.05) is 78.9 Å². The summed E-state index contributed by atoms with van der Waals surface area (Å²) >= 11 is 0. The van der Waals surface area contributed by atoms with Crippen LogP contribution in [0.2, 0.25) is 0 Å². The van der Waals surface area contributed by atoms with Crippen LogP contribution < -0.4 is 10.2 Å². The molecule has 1 N–H and O–H groups in total. The Morgan fingerprint density at radius 1 is 0.700 bits per heavy atom. The molecule has 0 aliphatic carbocycles. The van der Waals surface area contributed by atoms with E-state index in [0.717, 1.165) is 5.56 Å². The lowest BCUT2D eigenvalue weighted by atomic mass is 9.84. The molecule has 2 amide bonds. The number of para-hydroxylation sites is 1. The lowest BCUT2D eigenvalue weighted by molar-refractivity contribution is -0.123. The highest BCUT2D eigenvalue weighted by atomic mass is 16.2. The molecule has 4 atom stereocenters. The Morgan fingerprint density at radius 2 is 1.23 bits per heavy atom. The van der Waals surface area contributed by atoms with Gasteiger partial charge in [-0.05, 0) is 17.7 Å². The van der Waals surface area contributed by atoms with Gasteiger partial charge < -0.3 is 0 Å². The number of carbonyl (C=O) groups is 3. The molecule has 3 aromatic carbocycles. The lowest BCUT2D eigenvalue weighted by Gasteiger charge is -2.22. The first-order chi connectivity index (χ1) is 14.7. The van der Waals surface area contributed by atoms with Gasteiger partial charge in [0.15, 0.2) is 5.78 Å². The largest absolute Gasteiger partial charge is 0.299 e. The smallest absolute Gasteiger partial charge is 0.239 e. The first-order valence-electron chi connectivity index (χ1n) is 10.00. The topological polar surface area (TPSA) is 66.5 Å². The van der Waals surface area contributed by atoms with Gasteiger partial charge in [0.05, 0.1) is 23.6 Å². The number of hydrogen-bond acceptors (Lipinski definition) is 4. The van der Waals surface area contributed by atoms with Crippen LogP contribution in [0.5, 0.6) is 0 Å². The molecule has 0 aromatic heterocycles. The number of fused-ring (bicyclic) bond motifs is 1. The Bertz CT molecular complexity index is 1100. The van der Waals surface area contributed by atoms with Gasteiger partial charge >= 0.3 is 0 Å². The maximum atomic E-state index is 13.4. The van der Waals surface area contributed by atoms with Crippen LogP contribution in [-0.4, -0.2) is 23.6 Å². The van der Waals surface area contributed by atoms with Gasteiger partial charge in [-0.2, -0.15) is 0 Å². The molecule has 0 radical (unpaired) electrons. The third-order valence-electron chi connectivity index (χ3n) is 5.99. The number of hydrogen-bond donors (Lipinski definition) is 1. The Balaban J connectivity index is 1.58. The summed E-state index contributed by atoms with van der Waals surface area (Å²) in [6.45, 7) is 0. The van der Waals surface area contributed by atoms with E-state index in [2.05, 4.69) is 5.32 Å². The molecule has 30 heavy (non-hydrogen) atoms. The number of anilines is 1. The molecule has 2 aliphatic rings. The third kappa shape index (κ3) is 2.86. The number of amides is 2. The highest BCUT2D eigenvalue weighted by molar-refractivity contribution is 6.24. The fourth-order valence-corrected chi connectivity index (χ4v) is 4.63. The van der Waals surface area contributed by atoms with E-state index < -0.39 is 23.9 Å². The molecule has 148 valence electrons. The van der Waals surface area contributed by atoms with Crippen molar-refractivity contribution in [3.8, 4) is 0 Å². The lowest BCUT2D eigenvalue weighted by Crippen LogP contribution is -2.43. The van der Waals surface area contributed by atoms with Gasteiger partial charge in [-0.15, -0.1) is 0 Å². The zero-order valence-electron chi connectivity index (χ0n) is 16.1. The number of ketones is 1. The minimum absolute atomic E-state index is 0.167. The van der Waals surface area contributed by atoms with Crippen molar-refractivity contribution >= 4 is 23.3 Å². The number of nitrogens with zero attached hydrogens (tertiary/aromatic N) is 1. The van der Waals surface area contributed by atoms with E-state index in [4.69, 9.17) is 0 Å². The maximum absolute atomic E-state index is 13.4. The summed E-state index contributed by atoms with van der Waals surface area (Å²) in [6.07, 6.45) is 0.